The zero-order valence-electron chi connectivity index (χ0n) is 10.0. The van der Waals surface area contributed by atoms with Crippen LogP contribution < -0.4 is 5.32 Å². The third-order valence-electron chi connectivity index (χ3n) is 2.71. The number of rotatable bonds is 5. The summed E-state index contributed by atoms with van der Waals surface area (Å²) in [6.07, 6.45) is 1.14. The highest BCUT2D eigenvalue weighted by molar-refractivity contribution is 5.75. The molecule has 2 rings (SSSR count). The highest BCUT2D eigenvalue weighted by Gasteiger charge is 2.08. The van der Waals surface area contributed by atoms with Crippen LogP contribution in [-0.2, 0) is 13.1 Å². The van der Waals surface area contributed by atoms with Gasteiger partial charge in [0.05, 0.1) is 17.6 Å². The summed E-state index contributed by atoms with van der Waals surface area (Å²) in [6.45, 7) is 7.19. The molecule has 2 aromatic rings. The summed E-state index contributed by atoms with van der Waals surface area (Å²) in [6, 6.07) is 8.35. The second kappa shape index (κ2) is 5.12. The molecule has 0 aliphatic rings. The van der Waals surface area contributed by atoms with E-state index in [4.69, 9.17) is 0 Å². The number of imidazole rings is 1. The molecule has 1 aromatic heterocycles. The van der Waals surface area contributed by atoms with E-state index in [1.807, 2.05) is 6.07 Å². The molecule has 0 saturated heterocycles. The van der Waals surface area contributed by atoms with Crippen LogP contribution in [0.5, 0.6) is 0 Å². The van der Waals surface area contributed by atoms with E-state index in [0.717, 1.165) is 37.4 Å². The Morgan fingerprint density at radius 1 is 1.25 bits per heavy atom. The van der Waals surface area contributed by atoms with Gasteiger partial charge in [-0.3, -0.25) is 0 Å². The third kappa shape index (κ3) is 2.09. The van der Waals surface area contributed by atoms with Gasteiger partial charge in [-0.2, -0.15) is 0 Å². The first-order chi connectivity index (χ1) is 7.86. The van der Waals surface area contributed by atoms with Crippen LogP contribution in [0.15, 0.2) is 24.3 Å². The first kappa shape index (κ1) is 11.1. The van der Waals surface area contributed by atoms with E-state index in [1.165, 1.54) is 5.52 Å². The van der Waals surface area contributed by atoms with Crippen molar-refractivity contribution in [2.45, 2.75) is 33.4 Å². The fourth-order valence-corrected chi connectivity index (χ4v) is 1.97. The minimum absolute atomic E-state index is 0.852. The van der Waals surface area contributed by atoms with Gasteiger partial charge in [-0.25, -0.2) is 4.98 Å². The molecule has 0 spiro atoms. The molecule has 16 heavy (non-hydrogen) atoms. The zero-order chi connectivity index (χ0) is 11.4. The van der Waals surface area contributed by atoms with Crippen molar-refractivity contribution in [2.24, 2.45) is 0 Å². The maximum atomic E-state index is 4.67. The van der Waals surface area contributed by atoms with Crippen LogP contribution in [0, 0.1) is 0 Å². The molecule has 3 heteroatoms. The van der Waals surface area contributed by atoms with Crippen LogP contribution in [0.25, 0.3) is 11.0 Å². The van der Waals surface area contributed by atoms with Crippen LogP contribution in [0.3, 0.4) is 0 Å². The van der Waals surface area contributed by atoms with Gasteiger partial charge in [-0.15, -0.1) is 0 Å². The van der Waals surface area contributed by atoms with Gasteiger partial charge >= 0.3 is 0 Å². The maximum absolute atomic E-state index is 4.67. The maximum Gasteiger partial charge on any atom is 0.123 e. The predicted octanol–water partition coefficient (Wildman–Crippen LogP) is 2.56. The molecule has 0 aliphatic heterocycles. The molecule has 3 nitrogen and oxygen atoms in total. The summed E-state index contributed by atoms with van der Waals surface area (Å²) in [4.78, 5) is 4.67. The predicted molar refractivity (Wildman–Crippen MR) is 67.4 cm³/mol. The number of nitrogens with zero attached hydrogens (tertiary/aromatic N) is 2. The van der Waals surface area contributed by atoms with Gasteiger partial charge in [0.15, 0.2) is 0 Å². The summed E-state index contributed by atoms with van der Waals surface area (Å²) in [5.74, 6) is 1.14. The number of fused-ring (bicyclic) bond motifs is 1. The molecule has 86 valence electrons. The van der Waals surface area contributed by atoms with Crippen molar-refractivity contribution in [3.05, 3.63) is 30.1 Å². The fraction of sp³-hybridized carbons (Fsp3) is 0.462. The lowest BCUT2D eigenvalue weighted by atomic mass is 10.3. The van der Waals surface area contributed by atoms with E-state index < -0.39 is 0 Å². The Bertz CT molecular complexity index is 459. The zero-order valence-corrected chi connectivity index (χ0v) is 10.0. The molecule has 0 fully saturated rings. The number of nitrogens with one attached hydrogen (secondary N) is 1. The monoisotopic (exact) mass is 217 g/mol. The van der Waals surface area contributed by atoms with Crippen LogP contribution >= 0.6 is 0 Å². The lowest BCUT2D eigenvalue weighted by molar-refractivity contribution is 0.610. The van der Waals surface area contributed by atoms with E-state index in [0.29, 0.717) is 0 Å². The summed E-state index contributed by atoms with van der Waals surface area (Å²) >= 11 is 0. The van der Waals surface area contributed by atoms with Crippen molar-refractivity contribution in [3.63, 3.8) is 0 Å². The highest BCUT2D eigenvalue weighted by Crippen LogP contribution is 2.16. The molecule has 1 aromatic carbocycles. The van der Waals surface area contributed by atoms with Gasteiger partial charge < -0.3 is 9.88 Å². The molecule has 1 heterocycles. The van der Waals surface area contributed by atoms with Gasteiger partial charge in [-0.05, 0) is 25.1 Å². The van der Waals surface area contributed by atoms with Crippen molar-refractivity contribution in [1.82, 2.24) is 14.9 Å². The fourth-order valence-electron chi connectivity index (χ4n) is 1.97. The number of benzene rings is 1. The molecule has 1 N–H and O–H groups in total. The Kier molecular flexibility index (Phi) is 3.57. The molecule has 0 atom stereocenters. The Labute approximate surface area is 96.5 Å². The van der Waals surface area contributed by atoms with E-state index in [2.05, 4.69) is 46.9 Å². The van der Waals surface area contributed by atoms with E-state index >= 15 is 0 Å². The molecular formula is C13H19N3. The second-order valence-corrected chi connectivity index (χ2v) is 3.95. The van der Waals surface area contributed by atoms with Gasteiger partial charge in [0.2, 0.25) is 0 Å². The summed E-state index contributed by atoms with van der Waals surface area (Å²) in [5, 5.41) is 3.34. The number of aryl methyl sites for hydroxylation is 1. The normalized spacial score (nSPS) is 11.1. The lowest BCUT2D eigenvalue weighted by Crippen LogP contribution is -2.16. The largest absolute Gasteiger partial charge is 0.327 e. The van der Waals surface area contributed by atoms with Gasteiger partial charge in [0, 0.05) is 6.54 Å². The molecule has 0 saturated carbocycles. The van der Waals surface area contributed by atoms with Crippen molar-refractivity contribution in [3.8, 4) is 0 Å². The van der Waals surface area contributed by atoms with Gasteiger partial charge in [0.1, 0.15) is 5.82 Å². The number of aromatic nitrogens is 2. The number of hydrogen-bond donors (Lipinski definition) is 1. The lowest BCUT2D eigenvalue weighted by Gasteiger charge is -2.07. The summed E-state index contributed by atoms with van der Waals surface area (Å²) in [7, 11) is 0. The Balaban J connectivity index is 2.41. The Morgan fingerprint density at radius 3 is 2.81 bits per heavy atom. The summed E-state index contributed by atoms with van der Waals surface area (Å²) in [5.41, 5.74) is 2.35. The quantitative estimate of drug-likeness (QED) is 0.834. The second-order valence-electron chi connectivity index (χ2n) is 3.95. The standard InChI is InChI=1S/C13H19N3/c1-3-9-16-12-8-6-5-7-11(12)15-13(16)10-14-4-2/h5-8,14H,3-4,9-10H2,1-2H3. The molecule has 0 aliphatic carbocycles. The summed E-state index contributed by atoms with van der Waals surface area (Å²) < 4.78 is 2.32. The first-order valence-corrected chi connectivity index (χ1v) is 6.01. The van der Waals surface area contributed by atoms with Gasteiger partial charge in [-0.1, -0.05) is 26.0 Å². The van der Waals surface area contributed by atoms with Crippen LogP contribution in [-0.4, -0.2) is 16.1 Å². The minimum atomic E-state index is 0.852. The van der Waals surface area contributed by atoms with Crippen molar-refractivity contribution in [2.75, 3.05) is 6.54 Å². The van der Waals surface area contributed by atoms with Crippen molar-refractivity contribution >= 4 is 11.0 Å². The Morgan fingerprint density at radius 2 is 2.06 bits per heavy atom. The minimum Gasteiger partial charge on any atom is -0.327 e. The average Bonchev–Trinajstić information content (AvgIpc) is 2.66. The third-order valence-corrected chi connectivity index (χ3v) is 2.71. The topological polar surface area (TPSA) is 29.9 Å². The molecule has 0 bridgehead atoms. The number of hydrogen-bond acceptors (Lipinski definition) is 2. The number of para-hydroxylation sites is 2. The molecule has 0 unspecified atom stereocenters. The van der Waals surface area contributed by atoms with E-state index in [-0.39, 0.29) is 0 Å². The molecule has 0 radical (unpaired) electrons. The van der Waals surface area contributed by atoms with E-state index in [9.17, 15) is 0 Å². The SMILES string of the molecule is CCCn1c(CNCC)nc2ccccc21. The average molecular weight is 217 g/mol. The molecule has 0 amide bonds. The van der Waals surface area contributed by atoms with Crippen molar-refractivity contribution in [1.29, 1.82) is 0 Å². The van der Waals surface area contributed by atoms with E-state index in [1.54, 1.807) is 0 Å². The van der Waals surface area contributed by atoms with Crippen molar-refractivity contribution < 1.29 is 0 Å². The van der Waals surface area contributed by atoms with Gasteiger partial charge in [0.25, 0.3) is 0 Å². The smallest absolute Gasteiger partial charge is 0.123 e. The van der Waals surface area contributed by atoms with Crippen LogP contribution in [0.4, 0.5) is 0 Å². The van der Waals surface area contributed by atoms with Crippen LogP contribution in [0.1, 0.15) is 26.1 Å². The Hall–Kier alpha value is -1.35. The molecular weight excluding hydrogens is 198 g/mol. The van der Waals surface area contributed by atoms with Crippen LogP contribution in [0.2, 0.25) is 0 Å². The first-order valence-electron chi connectivity index (χ1n) is 6.01. The highest BCUT2D eigenvalue weighted by atomic mass is 15.1.